The monoisotopic (exact) mass is 399 g/mol. The Balaban J connectivity index is 2.19. The Morgan fingerprint density at radius 2 is 2.00 bits per heavy atom. The first-order valence-electron chi connectivity index (χ1n) is 5.60. The van der Waals surface area contributed by atoms with E-state index in [4.69, 9.17) is 5.26 Å². The lowest BCUT2D eigenvalue weighted by Gasteiger charge is -2.08. The summed E-state index contributed by atoms with van der Waals surface area (Å²) < 4.78 is 27.4. The van der Waals surface area contributed by atoms with E-state index >= 15 is 0 Å². The first-order chi connectivity index (χ1) is 9.50. The van der Waals surface area contributed by atoms with Crippen LogP contribution < -0.4 is 4.72 Å². The third-order valence-corrected chi connectivity index (χ3v) is 4.32. The Bertz CT molecular complexity index is 752. The van der Waals surface area contributed by atoms with Crippen LogP contribution in [0.2, 0.25) is 0 Å². The first kappa shape index (κ1) is 14.7. The number of hydrogen-bond donors (Lipinski definition) is 1. The van der Waals surface area contributed by atoms with Gasteiger partial charge in [0.1, 0.15) is 5.82 Å². The molecule has 0 fully saturated rings. The highest BCUT2D eigenvalue weighted by Crippen LogP contribution is 2.14. The highest BCUT2D eigenvalue weighted by molar-refractivity contribution is 14.1. The van der Waals surface area contributed by atoms with Crippen molar-refractivity contribution in [3.8, 4) is 6.07 Å². The van der Waals surface area contributed by atoms with Crippen molar-refractivity contribution in [2.75, 3.05) is 4.72 Å². The largest absolute Gasteiger partial charge is 0.267 e. The third-order valence-electron chi connectivity index (χ3n) is 2.47. The summed E-state index contributed by atoms with van der Waals surface area (Å²) in [6.45, 7) is 0. The van der Waals surface area contributed by atoms with Crippen LogP contribution in [0.15, 0.2) is 42.6 Å². The van der Waals surface area contributed by atoms with E-state index in [0.717, 1.165) is 3.57 Å². The van der Waals surface area contributed by atoms with E-state index in [2.05, 4.69) is 32.3 Å². The molecular weight excluding hydrogens is 389 g/mol. The Morgan fingerprint density at radius 3 is 2.65 bits per heavy atom. The number of nitriles is 1. The minimum atomic E-state index is -3.60. The molecule has 2 rings (SSSR count). The van der Waals surface area contributed by atoms with Crippen LogP contribution in [0.25, 0.3) is 0 Å². The van der Waals surface area contributed by atoms with E-state index in [1.54, 1.807) is 42.6 Å². The predicted octanol–water partition coefficient (Wildman–Crippen LogP) is 2.50. The molecule has 2 aromatic rings. The molecule has 20 heavy (non-hydrogen) atoms. The van der Waals surface area contributed by atoms with Gasteiger partial charge in [0.05, 0.1) is 17.4 Å². The molecule has 0 bridgehead atoms. The van der Waals surface area contributed by atoms with Gasteiger partial charge >= 0.3 is 0 Å². The van der Waals surface area contributed by atoms with Crippen molar-refractivity contribution in [1.29, 1.82) is 5.26 Å². The fraction of sp³-hybridized carbons (Fsp3) is 0.0769. The molecule has 102 valence electrons. The predicted molar refractivity (Wildman–Crippen MR) is 84.4 cm³/mol. The Morgan fingerprint density at radius 1 is 1.25 bits per heavy atom. The van der Waals surface area contributed by atoms with Gasteiger partial charge in [-0.1, -0.05) is 18.2 Å². The number of halogens is 1. The maximum Gasteiger partial charge on any atom is 0.238 e. The van der Waals surface area contributed by atoms with Gasteiger partial charge in [-0.25, -0.2) is 13.4 Å². The van der Waals surface area contributed by atoms with Crippen LogP contribution in [-0.2, 0) is 15.8 Å². The zero-order valence-electron chi connectivity index (χ0n) is 10.2. The molecule has 0 saturated carbocycles. The standard InChI is InChI=1S/C13H10IN3O2S/c14-12-5-6-13(16-8-12)17-20(18,19)9-11-4-2-1-3-10(11)7-15/h1-6,8H,9H2,(H,16,17). The van der Waals surface area contributed by atoms with Crippen LogP contribution in [0, 0.1) is 14.9 Å². The zero-order valence-corrected chi connectivity index (χ0v) is 13.2. The molecule has 0 atom stereocenters. The summed E-state index contributed by atoms with van der Waals surface area (Å²) in [5.74, 6) is 0.00423. The smallest absolute Gasteiger partial charge is 0.238 e. The number of aromatic nitrogens is 1. The summed E-state index contributed by atoms with van der Waals surface area (Å²) in [6, 6.07) is 11.9. The van der Waals surface area contributed by atoms with Gasteiger partial charge in [0.2, 0.25) is 10.0 Å². The number of nitrogens with one attached hydrogen (secondary N) is 1. The Labute approximate surface area is 130 Å². The quantitative estimate of drug-likeness (QED) is 0.801. The van der Waals surface area contributed by atoms with E-state index < -0.39 is 10.0 Å². The van der Waals surface area contributed by atoms with E-state index in [1.807, 2.05) is 6.07 Å². The average molecular weight is 399 g/mol. The molecule has 5 nitrogen and oxygen atoms in total. The molecule has 0 aliphatic rings. The lowest BCUT2D eigenvalue weighted by atomic mass is 10.1. The lowest BCUT2D eigenvalue weighted by Crippen LogP contribution is -2.16. The van der Waals surface area contributed by atoms with Crippen LogP contribution in [-0.4, -0.2) is 13.4 Å². The molecule has 0 aliphatic carbocycles. The Kier molecular flexibility index (Phi) is 4.57. The van der Waals surface area contributed by atoms with Gasteiger partial charge in [-0.15, -0.1) is 0 Å². The van der Waals surface area contributed by atoms with Crippen molar-refractivity contribution < 1.29 is 8.42 Å². The summed E-state index contributed by atoms with van der Waals surface area (Å²) in [5, 5.41) is 8.96. The first-order valence-corrected chi connectivity index (χ1v) is 8.33. The second-order valence-corrected chi connectivity index (χ2v) is 6.96. The van der Waals surface area contributed by atoms with Crippen molar-refractivity contribution in [2.45, 2.75) is 5.75 Å². The second-order valence-electron chi connectivity index (χ2n) is 3.99. The Hall–Kier alpha value is -1.66. The molecule has 0 unspecified atom stereocenters. The van der Waals surface area contributed by atoms with E-state index in [-0.39, 0.29) is 11.6 Å². The number of hydrogen-bond acceptors (Lipinski definition) is 4. The molecule has 1 aromatic carbocycles. The molecular formula is C13H10IN3O2S. The summed E-state index contributed by atoms with van der Waals surface area (Å²) in [7, 11) is -3.60. The molecule has 7 heteroatoms. The molecule has 1 N–H and O–H groups in total. The highest BCUT2D eigenvalue weighted by Gasteiger charge is 2.14. The fourth-order valence-corrected chi connectivity index (χ4v) is 3.08. The van der Waals surface area contributed by atoms with Crippen molar-refractivity contribution in [3.05, 3.63) is 57.3 Å². The number of sulfonamides is 1. The van der Waals surface area contributed by atoms with Crippen LogP contribution in [0.3, 0.4) is 0 Å². The van der Waals surface area contributed by atoms with Gasteiger partial charge in [0.25, 0.3) is 0 Å². The normalized spacial score (nSPS) is 10.8. The highest BCUT2D eigenvalue weighted by atomic mass is 127. The third kappa shape index (κ3) is 3.91. The number of rotatable bonds is 4. The maximum atomic E-state index is 12.1. The number of benzene rings is 1. The van der Waals surface area contributed by atoms with E-state index in [0.29, 0.717) is 11.1 Å². The lowest BCUT2D eigenvalue weighted by molar-refractivity contribution is 0.600. The van der Waals surface area contributed by atoms with Gasteiger partial charge in [0.15, 0.2) is 0 Å². The topological polar surface area (TPSA) is 82.8 Å². The summed E-state index contributed by atoms with van der Waals surface area (Å²) in [4.78, 5) is 3.98. The molecule has 0 spiro atoms. The number of nitrogens with zero attached hydrogens (tertiary/aromatic N) is 2. The van der Waals surface area contributed by atoms with Crippen molar-refractivity contribution in [3.63, 3.8) is 0 Å². The SMILES string of the molecule is N#Cc1ccccc1CS(=O)(=O)Nc1ccc(I)cn1. The van der Waals surface area contributed by atoms with E-state index in [9.17, 15) is 8.42 Å². The van der Waals surface area contributed by atoms with Gasteiger partial charge in [-0.2, -0.15) is 5.26 Å². The molecule has 1 aromatic heterocycles. The molecule has 1 heterocycles. The summed E-state index contributed by atoms with van der Waals surface area (Å²) >= 11 is 2.09. The zero-order chi connectivity index (χ0) is 14.6. The van der Waals surface area contributed by atoms with Crippen LogP contribution in [0.1, 0.15) is 11.1 Å². The minimum Gasteiger partial charge on any atom is -0.267 e. The van der Waals surface area contributed by atoms with Gasteiger partial charge in [-0.05, 0) is 46.4 Å². The molecule has 0 amide bonds. The molecule has 0 saturated heterocycles. The van der Waals surface area contributed by atoms with Crippen LogP contribution in [0.5, 0.6) is 0 Å². The van der Waals surface area contributed by atoms with Gasteiger partial charge < -0.3 is 0 Å². The fourth-order valence-electron chi connectivity index (χ4n) is 1.59. The van der Waals surface area contributed by atoms with Crippen LogP contribution >= 0.6 is 22.6 Å². The number of pyridine rings is 1. The average Bonchev–Trinajstić information content (AvgIpc) is 2.41. The van der Waals surface area contributed by atoms with Crippen molar-refractivity contribution in [1.82, 2.24) is 4.98 Å². The van der Waals surface area contributed by atoms with Crippen LogP contribution in [0.4, 0.5) is 5.82 Å². The number of anilines is 1. The second kappa shape index (κ2) is 6.19. The van der Waals surface area contributed by atoms with Gasteiger partial charge in [0, 0.05) is 9.77 Å². The summed E-state index contributed by atoms with van der Waals surface area (Å²) in [6.07, 6.45) is 1.57. The summed E-state index contributed by atoms with van der Waals surface area (Å²) in [5.41, 5.74) is 0.821. The molecule has 0 radical (unpaired) electrons. The molecule has 0 aliphatic heterocycles. The van der Waals surface area contributed by atoms with Crippen molar-refractivity contribution in [2.24, 2.45) is 0 Å². The maximum absolute atomic E-state index is 12.1. The van der Waals surface area contributed by atoms with Gasteiger partial charge in [-0.3, -0.25) is 4.72 Å². The minimum absolute atomic E-state index is 0.260. The van der Waals surface area contributed by atoms with E-state index in [1.165, 1.54) is 0 Å². The van der Waals surface area contributed by atoms with Crippen molar-refractivity contribution >= 4 is 38.4 Å².